The quantitative estimate of drug-likeness (QED) is 0.812. The number of carbonyl (C=O) groups excluding carboxylic acids is 1. The van der Waals surface area contributed by atoms with E-state index < -0.39 is 0 Å². The topological polar surface area (TPSA) is 51.7 Å². The van der Waals surface area contributed by atoms with Gasteiger partial charge in [-0.2, -0.15) is 0 Å². The average molecular weight is 367 g/mol. The van der Waals surface area contributed by atoms with Crippen molar-refractivity contribution < 1.29 is 14.3 Å². The van der Waals surface area contributed by atoms with E-state index in [0.29, 0.717) is 28.9 Å². The number of rotatable bonds is 5. The first-order valence-corrected chi connectivity index (χ1v) is 8.30. The minimum absolute atomic E-state index is 0.0181. The van der Waals surface area contributed by atoms with E-state index in [9.17, 15) is 4.79 Å². The Morgan fingerprint density at radius 3 is 2.79 bits per heavy atom. The summed E-state index contributed by atoms with van der Waals surface area (Å²) in [7, 11) is 0. The van der Waals surface area contributed by atoms with Crippen molar-refractivity contribution in [1.82, 2.24) is 9.88 Å². The van der Waals surface area contributed by atoms with Crippen molar-refractivity contribution in [3.05, 3.63) is 52.8 Å². The third kappa shape index (κ3) is 4.30. The van der Waals surface area contributed by atoms with Gasteiger partial charge in [-0.15, -0.1) is 0 Å². The van der Waals surface area contributed by atoms with E-state index >= 15 is 0 Å². The van der Waals surface area contributed by atoms with E-state index in [1.165, 1.54) is 0 Å². The molecule has 1 amide bonds. The molecule has 5 nitrogen and oxygen atoms in total. The second-order valence-electron chi connectivity index (χ2n) is 5.41. The van der Waals surface area contributed by atoms with Gasteiger partial charge in [0.05, 0.1) is 11.6 Å². The largest absolute Gasteiger partial charge is 0.488 e. The van der Waals surface area contributed by atoms with Crippen LogP contribution in [0.4, 0.5) is 0 Å². The SMILES string of the molecule is O=C(COc1ccc(Cl)cc1Cl)N1CC[C@H](Oc2ccncc2)C1. The molecule has 7 heteroatoms. The number of ether oxygens (including phenoxy) is 2. The summed E-state index contributed by atoms with van der Waals surface area (Å²) in [5.41, 5.74) is 0. The van der Waals surface area contributed by atoms with E-state index in [2.05, 4.69) is 4.98 Å². The molecule has 0 radical (unpaired) electrons. The van der Waals surface area contributed by atoms with Crippen LogP contribution in [0.5, 0.6) is 11.5 Å². The molecule has 1 aliphatic heterocycles. The van der Waals surface area contributed by atoms with E-state index in [1.54, 1.807) is 47.6 Å². The van der Waals surface area contributed by atoms with Gasteiger partial charge in [0.2, 0.25) is 0 Å². The predicted molar refractivity (Wildman–Crippen MR) is 91.8 cm³/mol. The zero-order valence-electron chi connectivity index (χ0n) is 12.8. The normalized spacial score (nSPS) is 16.9. The fraction of sp³-hybridized carbons (Fsp3) is 0.294. The van der Waals surface area contributed by atoms with Crippen molar-refractivity contribution >= 4 is 29.1 Å². The minimum atomic E-state index is -0.0955. The van der Waals surface area contributed by atoms with Crippen LogP contribution in [0, 0.1) is 0 Å². The van der Waals surface area contributed by atoms with Gasteiger partial charge in [0.15, 0.2) is 6.61 Å². The Hall–Kier alpha value is -1.98. The first kappa shape index (κ1) is 16.9. The molecule has 1 aliphatic rings. The molecule has 3 rings (SSSR count). The Bertz CT molecular complexity index is 712. The van der Waals surface area contributed by atoms with Gasteiger partial charge in [-0.3, -0.25) is 9.78 Å². The number of nitrogens with zero attached hydrogens (tertiary/aromatic N) is 2. The molecule has 24 heavy (non-hydrogen) atoms. The summed E-state index contributed by atoms with van der Waals surface area (Å²) in [6.07, 6.45) is 4.12. The number of amides is 1. The van der Waals surface area contributed by atoms with Crippen LogP contribution in [0.2, 0.25) is 10.0 Å². The van der Waals surface area contributed by atoms with Crippen molar-refractivity contribution in [2.24, 2.45) is 0 Å². The number of hydrogen-bond acceptors (Lipinski definition) is 4. The molecule has 1 fully saturated rings. The number of halogens is 2. The first-order chi connectivity index (χ1) is 11.6. The van der Waals surface area contributed by atoms with Gasteiger partial charge in [-0.05, 0) is 30.3 Å². The molecule has 1 saturated heterocycles. The van der Waals surface area contributed by atoms with E-state index in [-0.39, 0.29) is 18.6 Å². The second-order valence-corrected chi connectivity index (χ2v) is 6.26. The summed E-state index contributed by atoms with van der Waals surface area (Å²) >= 11 is 11.9. The highest BCUT2D eigenvalue weighted by Gasteiger charge is 2.27. The number of hydrogen-bond donors (Lipinski definition) is 0. The molecule has 2 aromatic rings. The van der Waals surface area contributed by atoms with Crippen LogP contribution < -0.4 is 9.47 Å². The molecule has 126 valence electrons. The maximum Gasteiger partial charge on any atom is 0.260 e. The Morgan fingerprint density at radius 1 is 1.25 bits per heavy atom. The lowest BCUT2D eigenvalue weighted by atomic mass is 10.3. The minimum Gasteiger partial charge on any atom is -0.488 e. The van der Waals surface area contributed by atoms with Crippen LogP contribution in [0.3, 0.4) is 0 Å². The van der Waals surface area contributed by atoms with Gasteiger partial charge in [0.1, 0.15) is 17.6 Å². The number of pyridine rings is 1. The van der Waals surface area contributed by atoms with E-state index in [1.807, 2.05) is 0 Å². The lowest BCUT2D eigenvalue weighted by molar-refractivity contribution is -0.132. The van der Waals surface area contributed by atoms with Crippen LogP contribution >= 0.6 is 23.2 Å². The van der Waals surface area contributed by atoms with Gasteiger partial charge in [-0.1, -0.05) is 23.2 Å². The monoisotopic (exact) mass is 366 g/mol. The van der Waals surface area contributed by atoms with Gasteiger partial charge in [-0.25, -0.2) is 0 Å². The van der Waals surface area contributed by atoms with Crippen molar-refractivity contribution in [3.8, 4) is 11.5 Å². The van der Waals surface area contributed by atoms with Crippen LogP contribution in [0.15, 0.2) is 42.7 Å². The molecule has 0 bridgehead atoms. The van der Waals surface area contributed by atoms with Gasteiger partial charge in [0.25, 0.3) is 5.91 Å². The summed E-state index contributed by atoms with van der Waals surface area (Å²) in [6.45, 7) is 1.12. The third-order valence-electron chi connectivity index (χ3n) is 3.70. The Morgan fingerprint density at radius 2 is 2.04 bits per heavy atom. The fourth-order valence-corrected chi connectivity index (χ4v) is 2.95. The first-order valence-electron chi connectivity index (χ1n) is 7.54. The number of carbonyl (C=O) groups is 1. The number of aromatic nitrogens is 1. The van der Waals surface area contributed by atoms with E-state index in [4.69, 9.17) is 32.7 Å². The van der Waals surface area contributed by atoms with Crippen LogP contribution in [-0.2, 0) is 4.79 Å². The molecule has 0 saturated carbocycles. The predicted octanol–water partition coefficient (Wildman–Crippen LogP) is 3.45. The average Bonchev–Trinajstić information content (AvgIpc) is 3.03. The second kappa shape index (κ2) is 7.73. The Labute approximate surface area is 150 Å². The summed E-state index contributed by atoms with van der Waals surface area (Å²) in [5.74, 6) is 1.11. The van der Waals surface area contributed by atoms with Crippen molar-refractivity contribution in [2.75, 3.05) is 19.7 Å². The summed E-state index contributed by atoms with van der Waals surface area (Å²) in [4.78, 5) is 17.9. The maximum absolute atomic E-state index is 12.3. The lowest BCUT2D eigenvalue weighted by Gasteiger charge is -2.17. The zero-order valence-corrected chi connectivity index (χ0v) is 14.3. The molecule has 2 heterocycles. The Kier molecular flexibility index (Phi) is 5.43. The van der Waals surface area contributed by atoms with Crippen molar-refractivity contribution in [1.29, 1.82) is 0 Å². The molecule has 1 aromatic carbocycles. The smallest absolute Gasteiger partial charge is 0.260 e. The highest BCUT2D eigenvalue weighted by atomic mass is 35.5. The van der Waals surface area contributed by atoms with Gasteiger partial charge >= 0.3 is 0 Å². The lowest BCUT2D eigenvalue weighted by Crippen LogP contribution is -2.34. The molecule has 1 aromatic heterocycles. The van der Waals surface area contributed by atoms with Gasteiger partial charge < -0.3 is 14.4 Å². The van der Waals surface area contributed by atoms with Crippen LogP contribution in [-0.4, -0.2) is 41.6 Å². The number of likely N-dealkylation sites (tertiary alicyclic amines) is 1. The highest BCUT2D eigenvalue weighted by Crippen LogP contribution is 2.27. The molecular weight excluding hydrogens is 351 g/mol. The molecule has 0 aliphatic carbocycles. The summed E-state index contributed by atoms with van der Waals surface area (Å²) in [5, 5.41) is 0.907. The summed E-state index contributed by atoms with van der Waals surface area (Å²) < 4.78 is 11.3. The highest BCUT2D eigenvalue weighted by molar-refractivity contribution is 6.35. The van der Waals surface area contributed by atoms with Crippen molar-refractivity contribution in [2.45, 2.75) is 12.5 Å². The van der Waals surface area contributed by atoms with Crippen LogP contribution in [0.25, 0.3) is 0 Å². The molecule has 1 atom stereocenters. The molecule has 0 unspecified atom stereocenters. The Balaban J connectivity index is 1.49. The summed E-state index contributed by atoms with van der Waals surface area (Å²) in [6, 6.07) is 8.50. The van der Waals surface area contributed by atoms with E-state index in [0.717, 1.165) is 12.2 Å². The van der Waals surface area contributed by atoms with Crippen LogP contribution in [0.1, 0.15) is 6.42 Å². The zero-order chi connectivity index (χ0) is 16.9. The third-order valence-corrected chi connectivity index (χ3v) is 4.23. The fourth-order valence-electron chi connectivity index (χ4n) is 2.48. The standard InChI is InChI=1S/C17H16Cl2N2O3/c18-12-1-2-16(15(19)9-12)23-11-17(22)21-8-5-14(10-21)24-13-3-6-20-7-4-13/h1-4,6-7,9,14H,5,8,10-11H2/t14-/m0/s1. The maximum atomic E-state index is 12.3. The molecular formula is C17H16Cl2N2O3. The van der Waals surface area contributed by atoms with Crippen molar-refractivity contribution in [3.63, 3.8) is 0 Å². The molecule has 0 spiro atoms. The number of benzene rings is 1. The van der Waals surface area contributed by atoms with Gasteiger partial charge in [0, 0.05) is 30.4 Å². The molecule has 0 N–H and O–H groups in total.